The molecule has 5 aromatic rings. The van der Waals surface area contributed by atoms with Crippen LogP contribution in [0.25, 0.3) is 33.5 Å². The van der Waals surface area contributed by atoms with Crippen LogP contribution >= 0.6 is 0 Å². The van der Waals surface area contributed by atoms with Crippen molar-refractivity contribution >= 4 is 34.1 Å². The van der Waals surface area contributed by atoms with E-state index >= 15 is 0 Å². The molecule has 5 rings (SSSR count). The molecular formula is C27H21N3O7. The summed E-state index contributed by atoms with van der Waals surface area (Å²) in [6, 6.07) is 19.5. The van der Waals surface area contributed by atoms with E-state index in [1.807, 2.05) is 24.3 Å². The highest BCUT2D eigenvalue weighted by atomic mass is 16.5. The monoisotopic (exact) mass is 499 g/mol. The number of carboxylic acid groups (broad SMARTS) is 1. The third-order valence-electron chi connectivity index (χ3n) is 5.54. The molecule has 10 nitrogen and oxygen atoms in total. The van der Waals surface area contributed by atoms with E-state index in [1.165, 1.54) is 25.1 Å². The Bertz CT molecular complexity index is 1660. The predicted molar refractivity (Wildman–Crippen MR) is 137 cm³/mol. The largest absolute Gasteiger partial charge is 0.493 e. The van der Waals surface area contributed by atoms with Crippen LogP contribution in [0, 0.1) is 0 Å². The third kappa shape index (κ3) is 4.59. The van der Waals surface area contributed by atoms with Crippen LogP contribution in [-0.2, 0) is 4.79 Å². The van der Waals surface area contributed by atoms with Gasteiger partial charge in [0, 0.05) is 10.9 Å². The molecule has 186 valence electrons. The SMILES string of the molecule is COc1cc(C=Nn2c(-c3cc4ccccc4o3)nc3ccccc3c2=O)cc(OC)c1OCC(=O)O. The Labute approximate surface area is 210 Å². The summed E-state index contributed by atoms with van der Waals surface area (Å²) >= 11 is 0. The van der Waals surface area contributed by atoms with Crippen LogP contribution in [-0.4, -0.2) is 47.8 Å². The Morgan fingerprint density at radius 3 is 2.46 bits per heavy atom. The number of para-hydroxylation sites is 2. The summed E-state index contributed by atoms with van der Waals surface area (Å²) in [4.78, 5) is 29.1. The lowest BCUT2D eigenvalue weighted by atomic mass is 10.2. The van der Waals surface area contributed by atoms with Crippen molar-refractivity contribution in [2.75, 3.05) is 20.8 Å². The number of carboxylic acids is 1. The Balaban J connectivity index is 1.64. The number of benzene rings is 3. The topological polar surface area (TPSA) is 125 Å². The van der Waals surface area contributed by atoms with Gasteiger partial charge in [0.1, 0.15) is 5.58 Å². The van der Waals surface area contributed by atoms with E-state index in [0.29, 0.717) is 27.8 Å². The average Bonchev–Trinajstić information content (AvgIpc) is 3.35. The average molecular weight is 499 g/mol. The van der Waals surface area contributed by atoms with Crippen molar-refractivity contribution in [2.24, 2.45) is 5.10 Å². The van der Waals surface area contributed by atoms with Crippen molar-refractivity contribution in [2.45, 2.75) is 0 Å². The van der Waals surface area contributed by atoms with Crippen molar-refractivity contribution in [3.63, 3.8) is 0 Å². The molecule has 0 fully saturated rings. The van der Waals surface area contributed by atoms with Crippen LogP contribution in [0.15, 0.2) is 81.0 Å². The fourth-order valence-electron chi connectivity index (χ4n) is 3.86. The molecule has 0 atom stereocenters. The molecule has 0 unspecified atom stereocenters. The Morgan fingerprint density at radius 1 is 1.05 bits per heavy atom. The highest BCUT2D eigenvalue weighted by Gasteiger charge is 2.18. The van der Waals surface area contributed by atoms with E-state index in [0.717, 1.165) is 5.39 Å². The van der Waals surface area contributed by atoms with Gasteiger partial charge in [-0.15, -0.1) is 0 Å². The number of furan rings is 1. The summed E-state index contributed by atoms with van der Waals surface area (Å²) in [5.74, 6) is 0.0884. The van der Waals surface area contributed by atoms with E-state index in [2.05, 4.69) is 10.1 Å². The molecule has 37 heavy (non-hydrogen) atoms. The van der Waals surface area contributed by atoms with Crippen LogP contribution in [0.3, 0.4) is 0 Å². The maximum absolute atomic E-state index is 13.5. The van der Waals surface area contributed by atoms with Gasteiger partial charge in [-0.3, -0.25) is 4.79 Å². The zero-order valence-electron chi connectivity index (χ0n) is 19.9. The van der Waals surface area contributed by atoms with Gasteiger partial charge in [0.2, 0.25) is 11.6 Å². The van der Waals surface area contributed by atoms with Crippen LogP contribution in [0.1, 0.15) is 5.56 Å². The van der Waals surface area contributed by atoms with Crippen LogP contribution in [0.2, 0.25) is 0 Å². The number of hydrogen-bond donors (Lipinski definition) is 1. The first-order valence-electron chi connectivity index (χ1n) is 11.1. The Kier molecular flexibility index (Phi) is 6.29. The summed E-state index contributed by atoms with van der Waals surface area (Å²) in [5, 5.41) is 14.7. The minimum atomic E-state index is -1.14. The Morgan fingerprint density at radius 2 is 1.76 bits per heavy atom. The van der Waals surface area contributed by atoms with Crippen LogP contribution in [0.4, 0.5) is 0 Å². The molecule has 2 aromatic heterocycles. The molecule has 1 N–H and O–H groups in total. The van der Waals surface area contributed by atoms with Crippen molar-refractivity contribution in [3.05, 3.63) is 82.6 Å². The third-order valence-corrected chi connectivity index (χ3v) is 5.54. The molecule has 0 amide bonds. The van der Waals surface area contributed by atoms with E-state index < -0.39 is 12.6 Å². The highest BCUT2D eigenvalue weighted by molar-refractivity contribution is 5.85. The van der Waals surface area contributed by atoms with Crippen molar-refractivity contribution in [3.8, 4) is 28.8 Å². The van der Waals surface area contributed by atoms with Crippen molar-refractivity contribution < 1.29 is 28.5 Å². The zero-order chi connectivity index (χ0) is 25.9. The first-order chi connectivity index (χ1) is 18.0. The summed E-state index contributed by atoms with van der Waals surface area (Å²) in [6.45, 7) is -0.570. The molecule has 0 spiro atoms. The van der Waals surface area contributed by atoms with Gasteiger partial charge in [-0.25, -0.2) is 9.78 Å². The van der Waals surface area contributed by atoms with E-state index in [9.17, 15) is 9.59 Å². The fourth-order valence-corrected chi connectivity index (χ4v) is 3.86. The summed E-state index contributed by atoms with van der Waals surface area (Å²) in [6.07, 6.45) is 1.44. The van der Waals surface area contributed by atoms with Crippen molar-refractivity contribution in [1.29, 1.82) is 0 Å². The number of hydrogen-bond acceptors (Lipinski definition) is 8. The minimum absolute atomic E-state index is 0.136. The standard InChI is InChI=1S/C27H21N3O7/c1-34-21-11-16(12-22(35-2)25(21)36-15-24(31)32)14-28-30-26(23-13-17-7-3-6-10-20(17)37-23)29-19-9-5-4-8-18(19)27(30)33/h3-14H,15H2,1-2H3,(H,31,32). The number of carbonyl (C=O) groups is 1. The maximum Gasteiger partial charge on any atom is 0.341 e. The first-order valence-corrected chi connectivity index (χ1v) is 11.1. The first kappa shape index (κ1) is 23.6. The number of nitrogens with zero attached hydrogens (tertiary/aromatic N) is 3. The van der Waals surface area contributed by atoms with E-state index in [4.69, 9.17) is 23.7 Å². The smallest absolute Gasteiger partial charge is 0.341 e. The summed E-state index contributed by atoms with van der Waals surface area (Å²) in [5.41, 5.74) is 1.30. The molecule has 0 bridgehead atoms. The lowest BCUT2D eigenvalue weighted by molar-refractivity contribution is -0.139. The van der Waals surface area contributed by atoms with E-state index in [1.54, 1.807) is 42.5 Å². The molecular weight excluding hydrogens is 478 g/mol. The molecule has 2 heterocycles. The molecule has 0 radical (unpaired) electrons. The van der Waals surface area contributed by atoms with Gasteiger partial charge >= 0.3 is 5.97 Å². The van der Waals surface area contributed by atoms with Crippen molar-refractivity contribution in [1.82, 2.24) is 9.66 Å². The van der Waals surface area contributed by atoms with Crippen LogP contribution in [0.5, 0.6) is 17.2 Å². The number of aliphatic carboxylic acids is 1. The fraction of sp³-hybridized carbons (Fsp3) is 0.111. The number of methoxy groups -OCH3 is 2. The molecule has 0 aliphatic heterocycles. The number of rotatable bonds is 8. The molecule has 0 aliphatic rings. The van der Waals surface area contributed by atoms with Crippen LogP contribution < -0.4 is 19.8 Å². The van der Waals surface area contributed by atoms with E-state index in [-0.39, 0.29) is 28.6 Å². The molecule has 0 saturated heterocycles. The maximum atomic E-state index is 13.5. The van der Waals surface area contributed by atoms with Gasteiger partial charge in [-0.05, 0) is 36.4 Å². The minimum Gasteiger partial charge on any atom is -0.493 e. The Hall–Kier alpha value is -5.12. The molecule has 0 aliphatic carbocycles. The molecule has 0 saturated carbocycles. The van der Waals surface area contributed by atoms with Gasteiger partial charge in [-0.1, -0.05) is 30.3 Å². The summed E-state index contributed by atoms with van der Waals surface area (Å²) < 4.78 is 23.2. The second-order valence-electron chi connectivity index (χ2n) is 7.90. The highest BCUT2D eigenvalue weighted by Crippen LogP contribution is 2.38. The predicted octanol–water partition coefficient (Wildman–Crippen LogP) is 4.17. The summed E-state index contributed by atoms with van der Waals surface area (Å²) in [7, 11) is 2.83. The van der Waals surface area contributed by atoms with Gasteiger partial charge in [0.25, 0.3) is 5.56 Å². The molecule has 3 aromatic carbocycles. The van der Waals surface area contributed by atoms with Gasteiger partial charge in [0.05, 0.1) is 31.3 Å². The van der Waals surface area contributed by atoms with Gasteiger partial charge in [0.15, 0.2) is 23.9 Å². The number of aromatic nitrogens is 2. The molecule has 10 heteroatoms. The number of fused-ring (bicyclic) bond motifs is 2. The quantitative estimate of drug-likeness (QED) is 0.315. The zero-order valence-corrected chi connectivity index (χ0v) is 19.9. The normalized spacial score (nSPS) is 11.3. The number of ether oxygens (including phenoxy) is 3. The van der Waals surface area contributed by atoms with Gasteiger partial charge in [-0.2, -0.15) is 9.78 Å². The second-order valence-corrected chi connectivity index (χ2v) is 7.90. The van der Waals surface area contributed by atoms with Gasteiger partial charge < -0.3 is 23.7 Å². The lowest BCUT2D eigenvalue weighted by Crippen LogP contribution is -2.20. The second kappa shape index (κ2) is 9.86. The lowest BCUT2D eigenvalue weighted by Gasteiger charge is -2.14.